The summed E-state index contributed by atoms with van der Waals surface area (Å²) in [6.07, 6.45) is 2.87. The maximum Gasteiger partial charge on any atom is 0.414 e. The zero-order valence-electron chi connectivity index (χ0n) is 7.28. The van der Waals surface area contributed by atoms with Gasteiger partial charge in [-0.05, 0) is 19.4 Å². The van der Waals surface area contributed by atoms with Crippen LogP contribution in [0.4, 0.5) is 0 Å². The number of esters is 1. The van der Waals surface area contributed by atoms with Gasteiger partial charge in [0.2, 0.25) is 0 Å². The summed E-state index contributed by atoms with van der Waals surface area (Å²) in [5, 5.41) is 0. The van der Waals surface area contributed by atoms with Crippen LogP contribution in [-0.2, 0) is 9.53 Å². The third-order valence-electron chi connectivity index (χ3n) is 1.63. The van der Waals surface area contributed by atoms with Crippen molar-refractivity contribution in [3.63, 3.8) is 0 Å². The first-order valence-electron chi connectivity index (χ1n) is 3.62. The normalized spacial score (nSPS) is 13.8. The first kappa shape index (κ1) is 10.6. The lowest BCUT2D eigenvalue weighted by molar-refractivity contribution is -0.148. The summed E-state index contributed by atoms with van der Waals surface area (Å²) >= 11 is 0. The fourth-order valence-corrected chi connectivity index (χ4v) is 0.561. The Balaban J connectivity index is 4.30. The molecular weight excluding hydrogens is 156 g/mol. The molecule has 0 aromatic heterocycles. The van der Waals surface area contributed by atoms with Gasteiger partial charge in [0.1, 0.15) is 5.60 Å². The van der Waals surface area contributed by atoms with Gasteiger partial charge in [0.15, 0.2) is 0 Å². The fourth-order valence-electron chi connectivity index (χ4n) is 0.561. The minimum absolute atomic E-state index is 0.626. The van der Waals surface area contributed by atoms with E-state index < -0.39 is 11.6 Å². The predicted molar refractivity (Wildman–Crippen MR) is 44.7 cm³/mol. The molecule has 0 unspecified atom stereocenters. The maximum atomic E-state index is 10.8. The molecule has 0 radical (unpaired) electrons. The van der Waals surface area contributed by atoms with Gasteiger partial charge in [-0.1, -0.05) is 13.5 Å². The lowest BCUT2D eigenvalue weighted by Gasteiger charge is -2.22. The second-order valence-electron chi connectivity index (χ2n) is 2.54. The Kier molecular flexibility index (Phi) is 3.94. The SMILES string of the molecule is C=C[C@](C)(CC)OC(=O)C=[N+]=[N-]. The molecule has 4 heteroatoms. The monoisotopic (exact) mass is 168 g/mol. The molecule has 4 nitrogen and oxygen atoms in total. The van der Waals surface area contributed by atoms with E-state index in [1.54, 1.807) is 6.92 Å². The van der Waals surface area contributed by atoms with Crippen LogP contribution in [0.3, 0.4) is 0 Å². The Morgan fingerprint density at radius 1 is 1.83 bits per heavy atom. The third kappa shape index (κ3) is 3.12. The number of rotatable bonds is 4. The number of carbonyl (C=O) groups excluding carboxylic acids is 1. The van der Waals surface area contributed by atoms with Gasteiger partial charge in [-0.15, -0.1) is 0 Å². The molecule has 0 rings (SSSR count). The molecule has 0 heterocycles. The molecular formula is C8H12N2O2. The van der Waals surface area contributed by atoms with Crippen LogP contribution in [0.25, 0.3) is 5.53 Å². The molecule has 0 N–H and O–H groups in total. The van der Waals surface area contributed by atoms with Crippen LogP contribution in [0.5, 0.6) is 0 Å². The number of hydrogen-bond donors (Lipinski definition) is 0. The summed E-state index contributed by atoms with van der Waals surface area (Å²) in [6, 6.07) is 0. The van der Waals surface area contributed by atoms with E-state index in [1.165, 1.54) is 6.08 Å². The second-order valence-corrected chi connectivity index (χ2v) is 2.54. The van der Waals surface area contributed by atoms with E-state index in [9.17, 15) is 4.79 Å². The largest absolute Gasteiger partial charge is 0.447 e. The van der Waals surface area contributed by atoms with Gasteiger partial charge in [0.25, 0.3) is 0 Å². The van der Waals surface area contributed by atoms with E-state index >= 15 is 0 Å². The number of ether oxygens (including phenoxy) is 1. The Hall–Kier alpha value is -1.41. The molecule has 0 amide bonds. The summed E-state index contributed by atoms with van der Waals surface area (Å²) in [5.74, 6) is -0.679. The fraction of sp³-hybridized carbons (Fsp3) is 0.500. The van der Waals surface area contributed by atoms with E-state index in [0.29, 0.717) is 12.6 Å². The highest BCUT2D eigenvalue weighted by atomic mass is 16.6. The summed E-state index contributed by atoms with van der Waals surface area (Å²) in [7, 11) is 0. The molecule has 0 fully saturated rings. The quantitative estimate of drug-likeness (QED) is 0.208. The van der Waals surface area contributed by atoms with Crippen molar-refractivity contribution in [1.29, 1.82) is 0 Å². The van der Waals surface area contributed by atoms with E-state index in [-0.39, 0.29) is 0 Å². The molecule has 0 bridgehead atoms. The van der Waals surface area contributed by atoms with Gasteiger partial charge >= 0.3 is 12.2 Å². The van der Waals surface area contributed by atoms with Gasteiger partial charge < -0.3 is 10.3 Å². The van der Waals surface area contributed by atoms with Crippen LogP contribution in [0.15, 0.2) is 12.7 Å². The standard InChI is InChI=1S/C8H12N2O2/c1-4-8(3,5-2)12-7(11)6-10-9/h4,6H,1,5H2,2-3H3/t8-/m1/s1. The summed E-state index contributed by atoms with van der Waals surface area (Å²) < 4.78 is 4.91. The zero-order valence-corrected chi connectivity index (χ0v) is 7.28. The molecule has 1 atom stereocenters. The predicted octanol–water partition coefficient (Wildman–Crippen LogP) is 1.18. The van der Waals surface area contributed by atoms with Gasteiger partial charge in [-0.25, -0.2) is 4.79 Å². The Morgan fingerprint density at radius 2 is 2.42 bits per heavy atom. The van der Waals surface area contributed by atoms with Gasteiger partial charge in [0, 0.05) is 0 Å². The topological polar surface area (TPSA) is 62.7 Å². The third-order valence-corrected chi connectivity index (χ3v) is 1.63. The summed E-state index contributed by atoms with van der Waals surface area (Å²) in [5.41, 5.74) is 7.34. The Morgan fingerprint density at radius 3 is 2.75 bits per heavy atom. The number of hydrogen-bond acceptors (Lipinski definition) is 2. The molecule has 0 spiro atoms. The molecule has 66 valence electrons. The number of carbonyl (C=O) groups is 1. The molecule has 0 aromatic rings. The van der Waals surface area contributed by atoms with Gasteiger partial charge in [-0.3, -0.25) is 0 Å². The van der Waals surface area contributed by atoms with Crippen LogP contribution in [0.1, 0.15) is 20.3 Å². The van der Waals surface area contributed by atoms with Crippen LogP contribution in [0.2, 0.25) is 0 Å². The lowest BCUT2D eigenvalue weighted by Crippen LogP contribution is -2.28. The first-order valence-corrected chi connectivity index (χ1v) is 3.62. The molecule has 0 aliphatic heterocycles. The van der Waals surface area contributed by atoms with E-state index in [2.05, 4.69) is 11.4 Å². The Bertz CT molecular complexity index is 231. The van der Waals surface area contributed by atoms with Crippen molar-refractivity contribution in [2.75, 3.05) is 0 Å². The van der Waals surface area contributed by atoms with Crippen LogP contribution in [0, 0.1) is 0 Å². The minimum atomic E-state index is -0.682. The molecule has 0 saturated carbocycles. The van der Waals surface area contributed by atoms with Crippen LogP contribution >= 0.6 is 0 Å². The molecule has 12 heavy (non-hydrogen) atoms. The van der Waals surface area contributed by atoms with Crippen molar-refractivity contribution in [3.8, 4) is 0 Å². The van der Waals surface area contributed by atoms with E-state index in [1.807, 2.05) is 6.92 Å². The smallest absolute Gasteiger partial charge is 0.414 e. The van der Waals surface area contributed by atoms with Crippen LogP contribution < -0.4 is 0 Å². The van der Waals surface area contributed by atoms with Crippen molar-refractivity contribution < 1.29 is 14.3 Å². The van der Waals surface area contributed by atoms with Crippen molar-refractivity contribution in [3.05, 3.63) is 18.2 Å². The summed E-state index contributed by atoms with van der Waals surface area (Å²) in [4.78, 5) is 13.4. The average Bonchev–Trinajstić information content (AvgIpc) is 2.05. The first-order chi connectivity index (χ1) is 5.58. The van der Waals surface area contributed by atoms with Gasteiger partial charge in [0.05, 0.1) is 0 Å². The summed E-state index contributed by atoms with van der Waals surface area (Å²) in [6.45, 7) is 7.12. The van der Waals surface area contributed by atoms with Crippen molar-refractivity contribution in [2.45, 2.75) is 25.9 Å². The molecule has 0 aliphatic carbocycles. The number of nitrogens with zero attached hydrogens (tertiary/aromatic N) is 2. The molecule has 0 aromatic carbocycles. The zero-order chi connectivity index (χ0) is 9.61. The van der Waals surface area contributed by atoms with Crippen molar-refractivity contribution >= 4 is 12.2 Å². The average molecular weight is 168 g/mol. The van der Waals surface area contributed by atoms with Crippen molar-refractivity contribution in [2.24, 2.45) is 0 Å². The minimum Gasteiger partial charge on any atom is -0.447 e. The van der Waals surface area contributed by atoms with E-state index in [0.717, 1.165) is 0 Å². The molecule has 0 aliphatic rings. The van der Waals surface area contributed by atoms with Crippen LogP contribution in [-0.4, -0.2) is 22.6 Å². The van der Waals surface area contributed by atoms with E-state index in [4.69, 9.17) is 10.3 Å². The lowest BCUT2D eigenvalue weighted by atomic mass is 10.0. The molecule has 0 saturated heterocycles. The van der Waals surface area contributed by atoms with Crippen molar-refractivity contribution in [1.82, 2.24) is 0 Å². The highest BCUT2D eigenvalue weighted by molar-refractivity contribution is 6.20. The van der Waals surface area contributed by atoms with Gasteiger partial charge in [-0.2, -0.15) is 4.79 Å². The highest BCUT2D eigenvalue weighted by Crippen LogP contribution is 2.15. The second kappa shape index (κ2) is 4.46. The Labute approximate surface area is 71.5 Å². The highest BCUT2D eigenvalue weighted by Gasteiger charge is 2.23. The maximum absolute atomic E-state index is 10.8.